The third-order valence-electron chi connectivity index (χ3n) is 6.99. The van der Waals surface area contributed by atoms with Gasteiger partial charge in [-0.05, 0) is 46.1 Å². The maximum atomic E-state index is 8.88. The molecule has 0 spiro atoms. The van der Waals surface area contributed by atoms with Crippen LogP contribution in [0.3, 0.4) is 0 Å². The van der Waals surface area contributed by atoms with Crippen molar-refractivity contribution in [3.05, 3.63) is 139 Å². The summed E-state index contributed by atoms with van der Waals surface area (Å²) in [5, 5.41) is 1.79. The zero-order chi connectivity index (χ0) is 33.3. The first-order valence-corrected chi connectivity index (χ1v) is 13.0. The number of hydrogen-bond acceptors (Lipinski definition) is 4. The Kier molecular flexibility index (Phi) is 3.99. The minimum atomic E-state index is -0.499. The molecule has 0 unspecified atom stereocenters. The van der Waals surface area contributed by atoms with E-state index in [1.54, 1.807) is 24.3 Å². The summed E-state index contributed by atoms with van der Waals surface area (Å²) in [6.07, 6.45) is 0. The summed E-state index contributed by atoms with van der Waals surface area (Å²) in [7, 11) is 0. The highest BCUT2D eigenvalue weighted by Crippen LogP contribution is 2.33. The van der Waals surface area contributed by atoms with Gasteiger partial charge in [0.25, 0.3) is 0 Å². The lowest BCUT2D eigenvalue weighted by atomic mass is 10.00. The summed E-state index contributed by atoms with van der Waals surface area (Å²) < 4.78 is 65.1. The highest BCUT2D eigenvalue weighted by atomic mass is 16.3. The summed E-state index contributed by atoms with van der Waals surface area (Å²) in [4.78, 5) is 14.5. The molecule has 4 heteroatoms. The molecule has 0 saturated heterocycles. The van der Waals surface area contributed by atoms with Crippen LogP contribution in [-0.4, -0.2) is 15.0 Å². The number of aromatic nitrogens is 3. The van der Waals surface area contributed by atoms with Crippen molar-refractivity contribution in [3.8, 4) is 45.3 Å². The van der Waals surface area contributed by atoms with Crippen molar-refractivity contribution in [2.24, 2.45) is 0 Å². The van der Waals surface area contributed by atoms with E-state index in [0.29, 0.717) is 34.2 Å². The van der Waals surface area contributed by atoms with Crippen LogP contribution in [0.4, 0.5) is 0 Å². The first-order valence-electron chi connectivity index (χ1n) is 16.5. The second-order valence-electron chi connectivity index (χ2n) is 9.56. The molecule has 0 saturated carbocycles. The highest BCUT2D eigenvalue weighted by molar-refractivity contribution is 6.05. The maximum Gasteiger partial charge on any atom is 0.164 e. The van der Waals surface area contributed by atoms with E-state index in [0.717, 1.165) is 27.5 Å². The molecular formula is C37H23N3O. The van der Waals surface area contributed by atoms with Crippen LogP contribution >= 0.6 is 0 Å². The van der Waals surface area contributed by atoms with Crippen molar-refractivity contribution in [3.63, 3.8) is 0 Å². The van der Waals surface area contributed by atoms with Crippen LogP contribution in [0.5, 0.6) is 0 Å². The van der Waals surface area contributed by atoms with Crippen LogP contribution in [0.1, 0.15) is 9.60 Å². The van der Waals surface area contributed by atoms with Gasteiger partial charge >= 0.3 is 0 Å². The average molecular weight is 533 g/mol. The first-order chi connectivity index (χ1) is 23.2. The monoisotopic (exact) mass is 532 g/mol. The lowest BCUT2D eigenvalue weighted by Gasteiger charge is -2.09. The predicted octanol–water partition coefficient (Wildman–Crippen LogP) is 9.59. The van der Waals surface area contributed by atoms with Gasteiger partial charge in [0.15, 0.2) is 17.5 Å². The molecule has 6 aromatic carbocycles. The molecule has 2 aromatic heterocycles. The molecule has 0 bridgehead atoms. The fourth-order valence-corrected chi connectivity index (χ4v) is 4.93. The van der Waals surface area contributed by atoms with Gasteiger partial charge in [-0.1, -0.05) is 115 Å². The quantitative estimate of drug-likeness (QED) is 0.226. The normalized spacial score (nSPS) is 13.8. The van der Waals surface area contributed by atoms with Crippen molar-refractivity contribution in [1.82, 2.24) is 15.0 Å². The molecule has 0 fully saturated rings. The third-order valence-corrected chi connectivity index (χ3v) is 6.99. The van der Waals surface area contributed by atoms with E-state index < -0.39 is 24.2 Å². The Bertz CT molecular complexity index is 2590. The molecule has 0 amide bonds. The molecule has 8 aromatic rings. The topological polar surface area (TPSA) is 51.8 Å². The summed E-state index contributed by atoms with van der Waals surface area (Å²) >= 11 is 0. The maximum absolute atomic E-state index is 8.88. The number of fused-ring (bicyclic) bond motifs is 4. The molecule has 0 N–H and O–H groups in total. The molecule has 0 radical (unpaired) electrons. The Morgan fingerprint density at radius 3 is 1.88 bits per heavy atom. The van der Waals surface area contributed by atoms with Gasteiger partial charge in [0.2, 0.25) is 0 Å². The molecule has 0 aliphatic heterocycles. The average Bonchev–Trinajstić information content (AvgIpc) is 3.50. The van der Waals surface area contributed by atoms with E-state index >= 15 is 0 Å². The number of hydrogen-bond donors (Lipinski definition) is 0. The summed E-state index contributed by atoms with van der Waals surface area (Å²) in [6.45, 7) is 0. The Balaban J connectivity index is 1.26. The van der Waals surface area contributed by atoms with Gasteiger partial charge in [0.05, 0.1) is 9.60 Å². The van der Waals surface area contributed by atoms with Crippen LogP contribution < -0.4 is 0 Å². The SMILES string of the molecule is [2H]c1c([2H])c([2H])c2c([2H])c(-c3ccc(-c4nc(-c5ccccc5)nc(-c5ccc6c(c5)oc5ccccc56)n4)cc3)c([2H])c([2H])c2c1[2H]. The summed E-state index contributed by atoms with van der Waals surface area (Å²) in [5.41, 5.74) is 4.27. The molecule has 41 heavy (non-hydrogen) atoms. The minimum Gasteiger partial charge on any atom is -0.456 e. The Morgan fingerprint density at radius 1 is 0.463 bits per heavy atom. The summed E-state index contributed by atoms with van der Waals surface area (Å²) in [6, 6.07) is 27.5. The summed E-state index contributed by atoms with van der Waals surface area (Å²) in [5.74, 6) is 1.34. The van der Waals surface area contributed by atoms with Crippen LogP contribution in [0.2, 0.25) is 0 Å². The minimum absolute atomic E-state index is 0.0860. The first kappa shape index (κ1) is 17.2. The van der Waals surface area contributed by atoms with Gasteiger partial charge in [-0.2, -0.15) is 0 Å². The fourth-order valence-electron chi connectivity index (χ4n) is 4.93. The van der Waals surface area contributed by atoms with Crippen molar-refractivity contribution in [2.45, 2.75) is 0 Å². The number of nitrogens with zero attached hydrogens (tertiary/aromatic N) is 3. The van der Waals surface area contributed by atoms with E-state index in [9.17, 15) is 0 Å². The molecule has 4 nitrogen and oxygen atoms in total. The van der Waals surface area contributed by atoms with E-state index in [1.807, 2.05) is 72.8 Å². The van der Waals surface area contributed by atoms with Gasteiger partial charge in [0.1, 0.15) is 11.2 Å². The van der Waals surface area contributed by atoms with Crippen LogP contribution in [-0.2, 0) is 0 Å². The van der Waals surface area contributed by atoms with Gasteiger partial charge in [-0.25, -0.2) is 15.0 Å². The van der Waals surface area contributed by atoms with E-state index in [1.165, 1.54) is 0 Å². The molecular weight excluding hydrogens is 502 g/mol. The van der Waals surface area contributed by atoms with Gasteiger partial charge < -0.3 is 4.42 Å². The largest absolute Gasteiger partial charge is 0.456 e. The zero-order valence-corrected chi connectivity index (χ0v) is 21.5. The zero-order valence-electron chi connectivity index (χ0n) is 28.5. The number of furan rings is 1. The van der Waals surface area contributed by atoms with Crippen LogP contribution in [0.25, 0.3) is 78.0 Å². The van der Waals surface area contributed by atoms with Crippen molar-refractivity contribution < 1.29 is 14.0 Å². The molecule has 8 rings (SSSR count). The second-order valence-corrected chi connectivity index (χ2v) is 9.56. The van der Waals surface area contributed by atoms with E-state index in [2.05, 4.69) is 0 Å². The van der Waals surface area contributed by atoms with Crippen molar-refractivity contribution in [1.29, 1.82) is 0 Å². The lowest BCUT2D eigenvalue weighted by molar-refractivity contribution is 0.669. The molecule has 192 valence electrons. The van der Waals surface area contributed by atoms with E-state index in [4.69, 9.17) is 29.0 Å². The van der Waals surface area contributed by atoms with Crippen molar-refractivity contribution in [2.75, 3.05) is 0 Å². The standard InChI is InChI=1S/C37H23N3O/c1-2-9-26(10-3-1)35-38-36(27-17-14-25(15-18-27)29-19-16-24-8-4-5-11-28(24)22-29)40-37(39-35)30-20-21-32-31-12-6-7-13-33(31)41-34(32)23-30/h1-23H/i4D,5D,8D,11D,16D,19D,22D. The smallest absolute Gasteiger partial charge is 0.164 e. The Labute approximate surface area is 246 Å². The molecule has 0 aliphatic carbocycles. The van der Waals surface area contributed by atoms with Crippen LogP contribution in [0, 0.1) is 0 Å². The number of rotatable bonds is 4. The predicted molar refractivity (Wildman–Crippen MR) is 166 cm³/mol. The number of para-hydroxylation sites is 1. The molecule has 0 atom stereocenters. The third kappa shape index (κ3) is 4.23. The highest BCUT2D eigenvalue weighted by Gasteiger charge is 2.14. The Morgan fingerprint density at radius 2 is 1.07 bits per heavy atom. The van der Waals surface area contributed by atoms with Gasteiger partial charge in [-0.15, -0.1) is 0 Å². The Hall–Kier alpha value is -5.61. The molecule has 2 heterocycles. The van der Waals surface area contributed by atoms with Gasteiger partial charge in [0, 0.05) is 27.5 Å². The van der Waals surface area contributed by atoms with Crippen molar-refractivity contribution >= 4 is 32.7 Å². The van der Waals surface area contributed by atoms with Gasteiger partial charge in [-0.3, -0.25) is 0 Å². The van der Waals surface area contributed by atoms with Crippen LogP contribution in [0.15, 0.2) is 144 Å². The number of benzene rings is 6. The van der Waals surface area contributed by atoms with E-state index in [-0.39, 0.29) is 34.5 Å². The lowest BCUT2D eigenvalue weighted by Crippen LogP contribution is -2.00. The fraction of sp³-hybridized carbons (Fsp3) is 0. The second kappa shape index (κ2) is 9.54. The molecule has 0 aliphatic rings.